The molecule has 0 saturated heterocycles. The third-order valence-electron chi connectivity index (χ3n) is 4.18. The van der Waals surface area contributed by atoms with E-state index in [-0.39, 0.29) is 22.5 Å². The van der Waals surface area contributed by atoms with Crippen LogP contribution in [-0.2, 0) is 14.8 Å². The van der Waals surface area contributed by atoms with E-state index >= 15 is 0 Å². The topological polar surface area (TPSA) is 63.6 Å². The summed E-state index contributed by atoms with van der Waals surface area (Å²) in [5, 5.41) is 0. The Morgan fingerprint density at radius 1 is 1.09 bits per heavy atom. The SMILES string of the molecule is CC1=CC[C@H]2C(=O)C=C/C(=N/S(=O)(=O)c3ccccc3)[C@H]2C1. The predicted octanol–water partition coefficient (Wildman–Crippen LogP) is 2.93. The van der Waals surface area contributed by atoms with Crippen LogP contribution < -0.4 is 0 Å². The molecule has 22 heavy (non-hydrogen) atoms. The summed E-state index contributed by atoms with van der Waals surface area (Å²) in [5.74, 6) is -0.260. The van der Waals surface area contributed by atoms with Crippen molar-refractivity contribution in [2.24, 2.45) is 16.2 Å². The Bertz CT molecular complexity index is 788. The van der Waals surface area contributed by atoms with Gasteiger partial charge in [-0.3, -0.25) is 4.79 Å². The molecule has 0 radical (unpaired) electrons. The molecule has 0 fully saturated rings. The Hall–Kier alpha value is -2.01. The van der Waals surface area contributed by atoms with Crippen LogP contribution in [0.5, 0.6) is 0 Å². The summed E-state index contributed by atoms with van der Waals surface area (Å²) in [7, 11) is -3.74. The smallest absolute Gasteiger partial charge is 0.282 e. The molecular formula is C17H17NO3S. The van der Waals surface area contributed by atoms with Crippen molar-refractivity contribution in [3.8, 4) is 0 Å². The molecule has 2 aliphatic carbocycles. The second-order valence-electron chi connectivity index (χ2n) is 5.74. The number of fused-ring (bicyclic) bond motifs is 1. The zero-order valence-corrected chi connectivity index (χ0v) is 13.1. The highest BCUT2D eigenvalue weighted by Crippen LogP contribution is 2.35. The lowest BCUT2D eigenvalue weighted by molar-refractivity contribution is -0.119. The second kappa shape index (κ2) is 5.65. The summed E-state index contributed by atoms with van der Waals surface area (Å²) in [6.07, 6.45) is 6.41. The van der Waals surface area contributed by atoms with Gasteiger partial charge in [0.2, 0.25) is 0 Å². The summed E-state index contributed by atoms with van der Waals surface area (Å²) in [4.78, 5) is 12.2. The molecule has 2 aliphatic rings. The van der Waals surface area contributed by atoms with Crippen molar-refractivity contribution >= 4 is 21.5 Å². The lowest BCUT2D eigenvalue weighted by Crippen LogP contribution is -2.34. The highest BCUT2D eigenvalue weighted by atomic mass is 32.2. The number of hydrogen-bond acceptors (Lipinski definition) is 3. The predicted molar refractivity (Wildman–Crippen MR) is 85.2 cm³/mol. The molecule has 4 nitrogen and oxygen atoms in total. The molecule has 3 rings (SSSR count). The molecule has 0 heterocycles. The van der Waals surface area contributed by atoms with E-state index in [0.717, 1.165) is 0 Å². The molecule has 0 amide bonds. The van der Waals surface area contributed by atoms with Crippen LogP contribution >= 0.6 is 0 Å². The first kappa shape index (κ1) is 14.9. The molecule has 114 valence electrons. The monoisotopic (exact) mass is 315 g/mol. The van der Waals surface area contributed by atoms with Crippen molar-refractivity contribution in [2.75, 3.05) is 0 Å². The molecule has 0 aromatic heterocycles. The average molecular weight is 315 g/mol. The van der Waals surface area contributed by atoms with Crippen molar-refractivity contribution in [1.29, 1.82) is 0 Å². The van der Waals surface area contributed by atoms with E-state index in [9.17, 15) is 13.2 Å². The van der Waals surface area contributed by atoms with Gasteiger partial charge < -0.3 is 0 Å². The first-order chi connectivity index (χ1) is 10.5. The fraction of sp³-hybridized carbons (Fsp3) is 0.294. The zero-order valence-electron chi connectivity index (χ0n) is 12.3. The Morgan fingerprint density at radius 2 is 1.82 bits per heavy atom. The third kappa shape index (κ3) is 2.81. The largest absolute Gasteiger partial charge is 0.295 e. The highest BCUT2D eigenvalue weighted by molar-refractivity contribution is 7.90. The lowest BCUT2D eigenvalue weighted by atomic mass is 9.72. The summed E-state index contributed by atoms with van der Waals surface area (Å²) in [5.41, 5.74) is 1.66. The second-order valence-corrected chi connectivity index (χ2v) is 7.35. The molecular weight excluding hydrogens is 298 g/mol. The van der Waals surface area contributed by atoms with Gasteiger partial charge in [-0.1, -0.05) is 29.8 Å². The molecule has 0 aliphatic heterocycles. The number of rotatable bonds is 2. The number of nitrogens with zero attached hydrogens (tertiary/aromatic N) is 1. The van der Waals surface area contributed by atoms with E-state index in [1.54, 1.807) is 24.3 Å². The maximum absolute atomic E-state index is 12.4. The number of hydrogen-bond donors (Lipinski definition) is 0. The molecule has 0 unspecified atom stereocenters. The Labute approximate surface area is 130 Å². The van der Waals surface area contributed by atoms with Crippen LogP contribution in [0.2, 0.25) is 0 Å². The van der Waals surface area contributed by atoms with Gasteiger partial charge in [-0.2, -0.15) is 12.8 Å². The lowest BCUT2D eigenvalue weighted by Gasteiger charge is -2.31. The normalized spacial score (nSPS) is 26.7. The quantitative estimate of drug-likeness (QED) is 0.788. The van der Waals surface area contributed by atoms with Gasteiger partial charge in [0.15, 0.2) is 5.78 Å². The number of carbonyl (C=O) groups is 1. The zero-order chi connectivity index (χ0) is 15.7. The van der Waals surface area contributed by atoms with Gasteiger partial charge in [0, 0.05) is 11.8 Å². The van der Waals surface area contributed by atoms with E-state index in [0.29, 0.717) is 18.6 Å². The summed E-state index contributed by atoms with van der Waals surface area (Å²) in [6.45, 7) is 2.00. The Kier molecular flexibility index (Phi) is 3.83. The average Bonchev–Trinajstić information content (AvgIpc) is 2.51. The van der Waals surface area contributed by atoms with Crippen LogP contribution in [0.3, 0.4) is 0 Å². The number of benzene rings is 1. The van der Waals surface area contributed by atoms with Crippen molar-refractivity contribution in [3.63, 3.8) is 0 Å². The number of ketones is 1. The van der Waals surface area contributed by atoms with Gasteiger partial charge in [-0.25, -0.2) is 0 Å². The van der Waals surface area contributed by atoms with Crippen molar-refractivity contribution in [1.82, 2.24) is 0 Å². The van der Waals surface area contributed by atoms with Gasteiger partial charge >= 0.3 is 0 Å². The van der Waals surface area contributed by atoms with E-state index in [1.165, 1.54) is 23.8 Å². The molecule has 0 N–H and O–H groups in total. The minimum Gasteiger partial charge on any atom is -0.295 e. The minimum absolute atomic E-state index is 0.0600. The standard InChI is InChI=1S/C17H17NO3S/c1-12-7-8-14-15(11-12)16(9-10-17(14)19)18-22(20,21)13-5-3-2-4-6-13/h2-7,9-10,14-15H,8,11H2,1H3/b18-16-/t14-,15+/m1/s1. The van der Waals surface area contributed by atoms with Crippen LogP contribution in [0, 0.1) is 11.8 Å². The molecule has 2 atom stereocenters. The maximum atomic E-state index is 12.4. The third-order valence-corrected chi connectivity index (χ3v) is 5.50. The highest BCUT2D eigenvalue weighted by Gasteiger charge is 2.35. The molecule has 1 aromatic rings. The Balaban J connectivity index is 2.01. The van der Waals surface area contributed by atoms with E-state index in [2.05, 4.69) is 10.5 Å². The molecule has 5 heteroatoms. The van der Waals surface area contributed by atoms with Crippen LogP contribution in [0.25, 0.3) is 0 Å². The van der Waals surface area contributed by atoms with Crippen molar-refractivity contribution < 1.29 is 13.2 Å². The van der Waals surface area contributed by atoms with E-state index in [4.69, 9.17) is 0 Å². The van der Waals surface area contributed by atoms with Gasteiger partial charge in [-0.05, 0) is 44.1 Å². The van der Waals surface area contributed by atoms with Gasteiger partial charge in [0.05, 0.1) is 10.6 Å². The van der Waals surface area contributed by atoms with Crippen LogP contribution in [0.1, 0.15) is 19.8 Å². The van der Waals surface area contributed by atoms with Crippen LogP contribution in [-0.4, -0.2) is 19.9 Å². The van der Waals surface area contributed by atoms with Crippen molar-refractivity contribution in [3.05, 3.63) is 54.1 Å². The van der Waals surface area contributed by atoms with E-state index in [1.807, 2.05) is 6.92 Å². The summed E-state index contributed by atoms with van der Waals surface area (Å²) < 4.78 is 28.8. The van der Waals surface area contributed by atoms with Gasteiger partial charge in [-0.15, -0.1) is 0 Å². The Morgan fingerprint density at radius 3 is 2.55 bits per heavy atom. The number of sulfonamides is 1. The number of carbonyl (C=O) groups excluding carboxylic acids is 1. The van der Waals surface area contributed by atoms with Crippen LogP contribution in [0.15, 0.2) is 63.4 Å². The van der Waals surface area contributed by atoms with Crippen molar-refractivity contribution in [2.45, 2.75) is 24.7 Å². The number of allylic oxidation sites excluding steroid dienone is 4. The van der Waals surface area contributed by atoms with E-state index < -0.39 is 10.0 Å². The van der Waals surface area contributed by atoms with Crippen LogP contribution in [0.4, 0.5) is 0 Å². The van der Waals surface area contributed by atoms with Gasteiger partial charge in [0.25, 0.3) is 10.0 Å². The van der Waals surface area contributed by atoms with Gasteiger partial charge in [0.1, 0.15) is 0 Å². The first-order valence-electron chi connectivity index (χ1n) is 7.25. The summed E-state index contributed by atoms with van der Waals surface area (Å²) >= 11 is 0. The molecule has 0 bridgehead atoms. The maximum Gasteiger partial charge on any atom is 0.282 e. The molecule has 0 spiro atoms. The minimum atomic E-state index is -3.74. The molecule has 0 saturated carbocycles. The summed E-state index contributed by atoms with van der Waals surface area (Å²) in [6, 6.07) is 8.16. The molecule has 1 aromatic carbocycles. The fourth-order valence-electron chi connectivity index (χ4n) is 2.99. The first-order valence-corrected chi connectivity index (χ1v) is 8.69. The fourth-order valence-corrected chi connectivity index (χ4v) is 4.07.